The summed E-state index contributed by atoms with van der Waals surface area (Å²) in [6, 6.07) is 22.0. The van der Waals surface area contributed by atoms with E-state index in [0.29, 0.717) is 30.1 Å². The van der Waals surface area contributed by atoms with E-state index in [1.54, 1.807) is 31.2 Å². The molecule has 0 radical (unpaired) electrons. The highest BCUT2D eigenvalue weighted by atomic mass is 32.2. The number of thioether (sulfide) groups is 1. The quantitative estimate of drug-likeness (QED) is 0.0553. The van der Waals surface area contributed by atoms with E-state index in [9.17, 15) is 14.4 Å². The highest BCUT2D eigenvalue weighted by Crippen LogP contribution is 2.24. The summed E-state index contributed by atoms with van der Waals surface area (Å²) in [5.41, 5.74) is 2.67. The maximum absolute atomic E-state index is 12.8. The lowest BCUT2D eigenvalue weighted by Gasteiger charge is -2.07. The smallest absolute Gasteiger partial charge is 0.333 e. The van der Waals surface area contributed by atoms with Crippen LogP contribution in [0.1, 0.15) is 54.1 Å². The SMILES string of the molecule is C=CC(=O)OCCOc1ccc(C#Cc2ccc(SC(=O)c3ccc(OCCCCCCOC(=O)C(=C)C)cc3)cc2)cc1. The molecule has 0 saturated carbocycles. The van der Waals surface area contributed by atoms with Crippen LogP contribution in [0, 0.1) is 11.8 Å². The van der Waals surface area contributed by atoms with Gasteiger partial charge in [0.2, 0.25) is 5.12 Å². The van der Waals surface area contributed by atoms with E-state index in [-0.39, 0.29) is 24.3 Å². The number of hydrogen-bond donors (Lipinski definition) is 0. The van der Waals surface area contributed by atoms with Crippen LogP contribution < -0.4 is 9.47 Å². The second kappa shape index (κ2) is 18.7. The maximum Gasteiger partial charge on any atom is 0.333 e. The lowest BCUT2D eigenvalue weighted by Crippen LogP contribution is -2.10. The van der Waals surface area contributed by atoms with Crippen LogP contribution in [0.4, 0.5) is 0 Å². The number of unbranched alkanes of at least 4 members (excludes halogenated alkanes) is 3. The van der Waals surface area contributed by atoms with Gasteiger partial charge in [0.15, 0.2) is 0 Å². The Morgan fingerprint density at radius 1 is 0.705 bits per heavy atom. The molecule has 0 aromatic heterocycles. The Morgan fingerprint density at radius 2 is 1.25 bits per heavy atom. The molecule has 0 aliphatic heterocycles. The Hall–Kier alpha value is -4.74. The molecule has 0 heterocycles. The molecule has 0 amide bonds. The van der Waals surface area contributed by atoms with E-state index in [0.717, 1.165) is 65.3 Å². The highest BCUT2D eigenvalue weighted by molar-refractivity contribution is 8.14. The van der Waals surface area contributed by atoms with Gasteiger partial charge < -0.3 is 18.9 Å². The normalized spacial score (nSPS) is 10.1. The van der Waals surface area contributed by atoms with Crippen molar-refractivity contribution in [3.05, 3.63) is 114 Å². The van der Waals surface area contributed by atoms with Crippen LogP contribution in [-0.4, -0.2) is 43.5 Å². The molecule has 0 N–H and O–H groups in total. The first-order valence-electron chi connectivity index (χ1n) is 14.3. The zero-order valence-electron chi connectivity index (χ0n) is 24.8. The van der Waals surface area contributed by atoms with Gasteiger partial charge in [0.25, 0.3) is 0 Å². The number of carbonyl (C=O) groups is 3. The molecule has 0 saturated heterocycles. The monoisotopic (exact) mass is 612 g/mol. The summed E-state index contributed by atoms with van der Waals surface area (Å²) in [6.07, 6.45) is 4.75. The molecule has 3 aromatic rings. The molecule has 0 unspecified atom stereocenters. The van der Waals surface area contributed by atoms with Crippen LogP contribution in [0.3, 0.4) is 0 Å². The van der Waals surface area contributed by atoms with Gasteiger partial charge in [-0.3, -0.25) is 4.79 Å². The molecule has 228 valence electrons. The van der Waals surface area contributed by atoms with E-state index in [4.69, 9.17) is 18.9 Å². The first kappa shape index (κ1) is 33.8. The number of benzene rings is 3. The zero-order valence-corrected chi connectivity index (χ0v) is 25.7. The van der Waals surface area contributed by atoms with Crippen LogP contribution in [0.15, 0.2) is 102 Å². The lowest BCUT2D eigenvalue weighted by atomic mass is 10.2. The summed E-state index contributed by atoms with van der Waals surface area (Å²) in [6.45, 7) is 9.92. The third-order valence-corrected chi connectivity index (χ3v) is 6.94. The van der Waals surface area contributed by atoms with Crippen LogP contribution >= 0.6 is 11.8 Å². The summed E-state index contributed by atoms with van der Waals surface area (Å²) in [5, 5.41) is -0.0519. The predicted molar refractivity (Wildman–Crippen MR) is 172 cm³/mol. The molecule has 0 spiro atoms. The molecular formula is C36H36O7S. The molecule has 3 rings (SSSR count). The van der Waals surface area contributed by atoms with Gasteiger partial charge in [-0.05, 0) is 117 Å². The minimum absolute atomic E-state index is 0.0519. The molecule has 0 aliphatic carbocycles. The summed E-state index contributed by atoms with van der Waals surface area (Å²) in [4.78, 5) is 36.0. The van der Waals surface area contributed by atoms with Crippen molar-refractivity contribution in [3.8, 4) is 23.3 Å². The van der Waals surface area contributed by atoms with Gasteiger partial charge in [0.1, 0.15) is 24.7 Å². The van der Waals surface area contributed by atoms with E-state index < -0.39 is 5.97 Å². The van der Waals surface area contributed by atoms with Crippen molar-refractivity contribution in [2.75, 3.05) is 26.4 Å². The Bertz CT molecular complexity index is 1460. The average molecular weight is 613 g/mol. The van der Waals surface area contributed by atoms with Crippen molar-refractivity contribution >= 4 is 28.8 Å². The van der Waals surface area contributed by atoms with Gasteiger partial charge in [-0.15, -0.1) is 0 Å². The summed E-state index contributed by atoms with van der Waals surface area (Å²) in [7, 11) is 0. The van der Waals surface area contributed by atoms with Crippen molar-refractivity contribution in [2.45, 2.75) is 37.5 Å². The van der Waals surface area contributed by atoms with Gasteiger partial charge in [-0.2, -0.15) is 0 Å². The minimum atomic E-state index is -0.480. The maximum atomic E-state index is 12.8. The van der Waals surface area contributed by atoms with Crippen molar-refractivity contribution in [2.24, 2.45) is 0 Å². The summed E-state index contributed by atoms with van der Waals surface area (Å²) < 4.78 is 21.3. The Kier molecular flexibility index (Phi) is 14.4. The molecule has 44 heavy (non-hydrogen) atoms. The van der Waals surface area contributed by atoms with E-state index in [1.807, 2.05) is 48.5 Å². The van der Waals surface area contributed by atoms with E-state index in [1.165, 1.54) is 0 Å². The van der Waals surface area contributed by atoms with Gasteiger partial charge in [-0.1, -0.05) is 25.0 Å². The molecule has 0 atom stereocenters. The number of esters is 2. The third-order valence-electron chi connectivity index (χ3n) is 6.01. The van der Waals surface area contributed by atoms with Gasteiger partial charge in [0.05, 0.1) is 13.2 Å². The molecule has 7 nitrogen and oxygen atoms in total. The van der Waals surface area contributed by atoms with Crippen LogP contribution in [-0.2, 0) is 19.1 Å². The van der Waals surface area contributed by atoms with Crippen LogP contribution in [0.25, 0.3) is 0 Å². The topological polar surface area (TPSA) is 88.1 Å². The van der Waals surface area contributed by atoms with E-state index >= 15 is 0 Å². The summed E-state index contributed by atoms with van der Waals surface area (Å²) in [5.74, 6) is 6.79. The second-order valence-electron chi connectivity index (χ2n) is 9.61. The number of rotatable bonds is 16. The molecular weight excluding hydrogens is 576 g/mol. The Labute approximate surface area is 263 Å². The Balaban J connectivity index is 1.36. The van der Waals surface area contributed by atoms with Gasteiger partial charge in [0, 0.05) is 33.2 Å². The second-order valence-corrected chi connectivity index (χ2v) is 10.7. The molecule has 0 aliphatic rings. The lowest BCUT2D eigenvalue weighted by molar-refractivity contribution is -0.139. The highest BCUT2D eigenvalue weighted by Gasteiger charge is 2.09. The summed E-state index contributed by atoms with van der Waals surface area (Å²) >= 11 is 1.16. The van der Waals surface area contributed by atoms with Crippen molar-refractivity contribution in [1.82, 2.24) is 0 Å². The average Bonchev–Trinajstić information content (AvgIpc) is 3.04. The number of ether oxygens (including phenoxy) is 4. The molecule has 0 fully saturated rings. The minimum Gasteiger partial charge on any atom is -0.494 e. The first-order chi connectivity index (χ1) is 21.3. The zero-order chi connectivity index (χ0) is 31.6. The first-order valence-corrected chi connectivity index (χ1v) is 15.1. The molecule has 3 aromatic carbocycles. The third kappa shape index (κ3) is 12.6. The fourth-order valence-electron chi connectivity index (χ4n) is 3.63. The van der Waals surface area contributed by atoms with Crippen molar-refractivity contribution < 1.29 is 33.3 Å². The van der Waals surface area contributed by atoms with Gasteiger partial charge >= 0.3 is 11.9 Å². The molecule has 8 heteroatoms. The Morgan fingerprint density at radius 3 is 1.84 bits per heavy atom. The van der Waals surface area contributed by atoms with Gasteiger partial charge in [-0.25, -0.2) is 9.59 Å². The number of hydrogen-bond acceptors (Lipinski definition) is 8. The van der Waals surface area contributed by atoms with Crippen LogP contribution in [0.2, 0.25) is 0 Å². The number of carbonyl (C=O) groups excluding carboxylic acids is 3. The van der Waals surface area contributed by atoms with E-state index in [2.05, 4.69) is 25.0 Å². The predicted octanol–water partition coefficient (Wildman–Crippen LogP) is 7.19. The fourth-order valence-corrected chi connectivity index (χ4v) is 4.37. The largest absolute Gasteiger partial charge is 0.494 e. The standard InChI is InChI=1S/C36H36O7S/c1-4-34(37)42-26-25-41-31-17-11-28(12-18-31)9-10-29-13-21-33(22-14-29)44-36(39)30-15-19-32(20-16-30)40-23-7-5-6-8-24-43-35(38)27(2)3/h4,11-22H,1-2,5-8,23-26H2,3H3. The fraction of sp³-hybridized carbons (Fsp3) is 0.250. The van der Waals surface area contributed by atoms with Crippen molar-refractivity contribution in [3.63, 3.8) is 0 Å². The van der Waals surface area contributed by atoms with Crippen LogP contribution in [0.5, 0.6) is 11.5 Å². The van der Waals surface area contributed by atoms with Crippen molar-refractivity contribution in [1.29, 1.82) is 0 Å². The molecule has 0 bridgehead atoms.